The van der Waals surface area contributed by atoms with Gasteiger partial charge in [-0.1, -0.05) is 24.3 Å². The average Bonchev–Trinajstić information content (AvgIpc) is 2.73. The van der Waals surface area contributed by atoms with Crippen LogP contribution in [0.4, 0.5) is 0 Å². The van der Waals surface area contributed by atoms with Crippen molar-refractivity contribution in [1.29, 1.82) is 0 Å². The number of nitrogens with one attached hydrogen (secondary N) is 1. The highest BCUT2D eigenvalue weighted by molar-refractivity contribution is 5.80. The number of ether oxygens (including phenoxy) is 3. The first-order valence-corrected chi connectivity index (χ1v) is 9.02. The highest BCUT2D eigenvalue weighted by Crippen LogP contribution is 2.39. The molecule has 6 heteroatoms. The van der Waals surface area contributed by atoms with Crippen LogP contribution in [0.25, 0.3) is 0 Å². The van der Waals surface area contributed by atoms with E-state index in [1.807, 2.05) is 19.2 Å². The van der Waals surface area contributed by atoms with Crippen LogP contribution in [0.3, 0.4) is 0 Å². The van der Waals surface area contributed by atoms with E-state index in [-0.39, 0.29) is 0 Å². The molecule has 0 amide bonds. The van der Waals surface area contributed by atoms with E-state index >= 15 is 0 Å². The molecule has 6 nitrogen and oxygen atoms in total. The normalized spacial score (nSPS) is 13.8. The number of hydrogen-bond acceptors (Lipinski definition) is 4. The minimum Gasteiger partial charge on any atom is -0.493 e. The summed E-state index contributed by atoms with van der Waals surface area (Å²) in [6, 6.07) is 12.5. The summed E-state index contributed by atoms with van der Waals surface area (Å²) in [6.07, 6.45) is 1.02. The van der Waals surface area contributed by atoms with Gasteiger partial charge in [-0.2, -0.15) is 0 Å². The van der Waals surface area contributed by atoms with Gasteiger partial charge in [0.2, 0.25) is 5.75 Å². The highest BCUT2D eigenvalue weighted by atomic mass is 16.5. The third kappa shape index (κ3) is 3.94. The molecule has 2 aromatic carbocycles. The largest absolute Gasteiger partial charge is 0.493 e. The maximum Gasteiger partial charge on any atom is 0.203 e. The van der Waals surface area contributed by atoms with Crippen molar-refractivity contribution in [2.45, 2.75) is 19.5 Å². The van der Waals surface area contributed by atoms with Gasteiger partial charge in [0.15, 0.2) is 17.5 Å². The first-order valence-electron chi connectivity index (χ1n) is 9.02. The summed E-state index contributed by atoms with van der Waals surface area (Å²) in [4.78, 5) is 6.74. The maximum absolute atomic E-state index is 5.57. The van der Waals surface area contributed by atoms with E-state index in [0.717, 1.165) is 31.0 Å². The summed E-state index contributed by atoms with van der Waals surface area (Å²) >= 11 is 0. The Balaban J connectivity index is 1.74. The van der Waals surface area contributed by atoms with Crippen LogP contribution in [0.2, 0.25) is 0 Å². The van der Waals surface area contributed by atoms with Gasteiger partial charge >= 0.3 is 0 Å². The SMILES string of the molecule is CN=C(NCc1ccc(OC)c(OC)c1OC)N1CCc2ccccc2C1. The molecule has 0 radical (unpaired) electrons. The lowest BCUT2D eigenvalue weighted by Gasteiger charge is -2.31. The van der Waals surface area contributed by atoms with Crippen molar-refractivity contribution in [1.82, 2.24) is 10.2 Å². The van der Waals surface area contributed by atoms with Gasteiger partial charge in [0.25, 0.3) is 0 Å². The number of guanidine groups is 1. The summed E-state index contributed by atoms with van der Waals surface area (Å²) in [5.74, 6) is 2.79. The molecule has 1 aliphatic heterocycles. The quantitative estimate of drug-likeness (QED) is 0.649. The lowest BCUT2D eigenvalue weighted by Crippen LogP contribution is -2.43. The molecule has 0 saturated heterocycles. The summed E-state index contributed by atoms with van der Waals surface area (Å²) < 4.78 is 16.4. The van der Waals surface area contributed by atoms with Gasteiger partial charge in [0.1, 0.15) is 0 Å². The van der Waals surface area contributed by atoms with Crippen LogP contribution in [0, 0.1) is 0 Å². The molecule has 0 fully saturated rings. The smallest absolute Gasteiger partial charge is 0.203 e. The molecule has 0 bridgehead atoms. The second-order valence-electron chi connectivity index (χ2n) is 6.33. The number of nitrogens with zero attached hydrogens (tertiary/aromatic N) is 2. The van der Waals surface area contributed by atoms with Crippen molar-refractivity contribution in [3.8, 4) is 17.2 Å². The van der Waals surface area contributed by atoms with Crippen LogP contribution in [0.1, 0.15) is 16.7 Å². The van der Waals surface area contributed by atoms with E-state index in [0.29, 0.717) is 23.8 Å². The number of benzene rings is 2. The zero-order valence-electron chi connectivity index (χ0n) is 16.4. The third-order valence-electron chi connectivity index (χ3n) is 4.86. The zero-order valence-corrected chi connectivity index (χ0v) is 16.4. The molecule has 1 aliphatic rings. The van der Waals surface area contributed by atoms with Gasteiger partial charge < -0.3 is 24.4 Å². The Morgan fingerprint density at radius 2 is 1.74 bits per heavy atom. The molecule has 1 heterocycles. The molecular formula is C21H27N3O3. The number of hydrogen-bond donors (Lipinski definition) is 1. The van der Waals surface area contributed by atoms with E-state index in [1.165, 1.54) is 11.1 Å². The minimum absolute atomic E-state index is 0.578. The Morgan fingerprint density at radius 3 is 2.41 bits per heavy atom. The average molecular weight is 369 g/mol. The van der Waals surface area contributed by atoms with E-state index in [9.17, 15) is 0 Å². The molecule has 0 saturated carbocycles. The Kier molecular flexibility index (Phi) is 6.06. The molecule has 0 atom stereocenters. The fourth-order valence-electron chi connectivity index (χ4n) is 3.49. The Morgan fingerprint density at radius 1 is 1.00 bits per heavy atom. The zero-order chi connectivity index (χ0) is 19.2. The van der Waals surface area contributed by atoms with Crippen LogP contribution >= 0.6 is 0 Å². The standard InChI is InChI=1S/C21H27N3O3/c1-22-21(24-12-11-15-7-5-6-8-17(15)14-24)23-13-16-9-10-18(25-2)20(27-4)19(16)26-3/h5-10H,11-14H2,1-4H3,(H,22,23). The monoisotopic (exact) mass is 369 g/mol. The second kappa shape index (κ2) is 8.66. The first kappa shape index (κ1) is 18.9. The predicted molar refractivity (Wildman–Crippen MR) is 107 cm³/mol. The highest BCUT2D eigenvalue weighted by Gasteiger charge is 2.20. The Bertz CT molecular complexity index is 820. The van der Waals surface area contributed by atoms with Crippen LogP contribution in [-0.4, -0.2) is 45.8 Å². The van der Waals surface area contributed by atoms with Gasteiger partial charge in [-0.3, -0.25) is 4.99 Å². The number of rotatable bonds is 5. The summed E-state index contributed by atoms with van der Waals surface area (Å²) in [6.45, 7) is 2.38. The molecule has 0 aliphatic carbocycles. The lowest BCUT2D eigenvalue weighted by molar-refractivity contribution is 0.321. The van der Waals surface area contributed by atoms with Gasteiger partial charge in [-0.05, 0) is 29.7 Å². The molecule has 0 aromatic heterocycles. The molecule has 2 aromatic rings. The van der Waals surface area contributed by atoms with Crippen molar-refractivity contribution < 1.29 is 14.2 Å². The second-order valence-corrected chi connectivity index (χ2v) is 6.33. The Hall–Kier alpha value is -2.89. The van der Waals surface area contributed by atoms with Gasteiger partial charge in [-0.15, -0.1) is 0 Å². The summed E-state index contributed by atoms with van der Waals surface area (Å²) in [5, 5.41) is 3.45. The van der Waals surface area contributed by atoms with Gasteiger partial charge in [0, 0.05) is 32.2 Å². The molecular weight excluding hydrogens is 342 g/mol. The van der Waals surface area contributed by atoms with E-state index in [1.54, 1.807) is 21.3 Å². The summed E-state index contributed by atoms with van der Waals surface area (Å²) in [5.41, 5.74) is 3.76. The van der Waals surface area contributed by atoms with Crippen LogP contribution in [0.5, 0.6) is 17.2 Å². The number of aliphatic imine (C=N–C) groups is 1. The number of methoxy groups -OCH3 is 3. The van der Waals surface area contributed by atoms with Crippen LogP contribution in [-0.2, 0) is 19.5 Å². The minimum atomic E-state index is 0.578. The van der Waals surface area contributed by atoms with E-state index in [4.69, 9.17) is 14.2 Å². The Labute approximate surface area is 160 Å². The van der Waals surface area contributed by atoms with Crippen molar-refractivity contribution in [2.75, 3.05) is 34.9 Å². The van der Waals surface area contributed by atoms with Crippen molar-refractivity contribution in [2.24, 2.45) is 4.99 Å². The van der Waals surface area contributed by atoms with Crippen molar-refractivity contribution in [3.63, 3.8) is 0 Å². The molecule has 144 valence electrons. The summed E-state index contributed by atoms with van der Waals surface area (Å²) in [7, 11) is 6.68. The maximum atomic E-state index is 5.57. The van der Waals surface area contributed by atoms with Crippen LogP contribution in [0.15, 0.2) is 41.4 Å². The van der Waals surface area contributed by atoms with E-state index < -0.39 is 0 Å². The topological polar surface area (TPSA) is 55.3 Å². The number of fused-ring (bicyclic) bond motifs is 1. The molecule has 3 rings (SSSR count). The molecule has 1 N–H and O–H groups in total. The molecule has 0 unspecified atom stereocenters. The fourth-order valence-corrected chi connectivity index (χ4v) is 3.49. The van der Waals surface area contributed by atoms with Crippen LogP contribution < -0.4 is 19.5 Å². The van der Waals surface area contributed by atoms with Crippen molar-refractivity contribution in [3.05, 3.63) is 53.1 Å². The first-order chi connectivity index (χ1) is 13.2. The molecule has 27 heavy (non-hydrogen) atoms. The fraction of sp³-hybridized carbons (Fsp3) is 0.381. The predicted octanol–water partition coefficient (Wildman–Crippen LogP) is 2.85. The molecule has 0 spiro atoms. The van der Waals surface area contributed by atoms with E-state index in [2.05, 4.69) is 39.5 Å². The lowest BCUT2D eigenvalue weighted by atomic mass is 10.0. The van der Waals surface area contributed by atoms with Gasteiger partial charge in [-0.25, -0.2) is 0 Å². The van der Waals surface area contributed by atoms with Gasteiger partial charge in [0.05, 0.1) is 21.3 Å². The third-order valence-corrected chi connectivity index (χ3v) is 4.86. The van der Waals surface area contributed by atoms with Crippen molar-refractivity contribution >= 4 is 5.96 Å².